The van der Waals surface area contributed by atoms with Crippen LogP contribution in [-0.2, 0) is 28.3 Å². The summed E-state index contributed by atoms with van der Waals surface area (Å²) in [4.78, 5) is 29.1. The van der Waals surface area contributed by atoms with Crippen LogP contribution >= 0.6 is 27.7 Å². The number of carbonyl (C=O) groups is 2. The van der Waals surface area contributed by atoms with Crippen LogP contribution in [0, 0.1) is 5.82 Å². The molecule has 4 nitrogen and oxygen atoms in total. The van der Waals surface area contributed by atoms with Gasteiger partial charge in [-0.2, -0.15) is 0 Å². The van der Waals surface area contributed by atoms with Gasteiger partial charge in [-0.1, -0.05) is 89.4 Å². The second-order valence-electron chi connectivity index (χ2n) is 9.43. The molecule has 1 unspecified atom stereocenters. The van der Waals surface area contributed by atoms with Crippen molar-refractivity contribution in [1.29, 1.82) is 0 Å². The summed E-state index contributed by atoms with van der Waals surface area (Å²) in [6, 6.07) is 23.8. The highest BCUT2D eigenvalue weighted by atomic mass is 79.9. The van der Waals surface area contributed by atoms with Gasteiger partial charge in [-0.3, -0.25) is 9.59 Å². The first kappa shape index (κ1) is 27.4. The number of amides is 2. The van der Waals surface area contributed by atoms with Crippen molar-refractivity contribution in [3.05, 3.63) is 106 Å². The molecule has 0 spiro atoms. The Bertz CT molecular complexity index is 1170. The topological polar surface area (TPSA) is 49.4 Å². The fourth-order valence-electron chi connectivity index (χ4n) is 4.65. The molecule has 37 heavy (non-hydrogen) atoms. The van der Waals surface area contributed by atoms with Gasteiger partial charge < -0.3 is 10.2 Å². The lowest BCUT2D eigenvalue weighted by atomic mass is 10.0. The van der Waals surface area contributed by atoms with Crippen LogP contribution in [0.25, 0.3) is 0 Å². The van der Waals surface area contributed by atoms with E-state index in [2.05, 4.69) is 21.2 Å². The summed E-state index contributed by atoms with van der Waals surface area (Å²) in [5, 5.41) is 3.22. The van der Waals surface area contributed by atoms with Crippen LogP contribution < -0.4 is 5.32 Å². The SMILES string of the molecule is O=C(NC1CCCC1)C(Cc1ccccc1)N(Cc1ccc(Br)cc1)C(=O)CSCc1ccccc1F. The second kappa shape index (κ2) is 13.8. The molecule has 1 fully saturated rings. The third-order valence-corrected chi connectivity index (χ3v) is 8.17. The minimum absolute atomic E-state index is 0.111. The van der Waals surface area contributed by atoms with Crippen LogP contribution in [0.15, 0.2) is 83.3 Å². The van der Waals surface area contributed by atoms with Gasteiger partial charge in [-0.25, -0.2) is 4.39 Å². The first-order valence-electron chi connectivity index (χ1n) is 12.7. The van der Waals surface area contributed by atoms with Crippen LogP contribution in [0.2, 0.25) is 0 Å². The second-order valence-corrected chi connectivity index (χ2v) is 11.3. The number of benzene rings is 3. The number of rotatable bonds is 11. The number of hydrogen-bond acceptors (Lipinski definition) is 3. The summed E-state index contributed by atoms with van der Waals surface area (Å²) in [7, 11) is 0. The molecule has 3 aromatic carbocycles. The minimum atomic E-state index is -0.645. The predicted octanol–water partition coefficient (Wildman–Crippen LogP) is 6.52. The Labute approximate surface area is 231 Å². The minimum Gasteiger partial charge on any atom is -0.352 e. The van der Waals surface area contributed by atoms with Crippen LogP contribution in [0.3, 0.4) is 0 Å². The van der Waals surface area contributed by atoms with Crippen molar-refractivity contribution < 1.29 is 14.0 Å². The average molecular weight is 584 g/mol. The number of carbonyl (C=O) groups excluding carboxylic acids is 2. The fourth-order valence-corrected chi connectivity index (χ4v) is 5.82. The van der Waals surface area contributed by atoms with Crippen molar-refractivity contribution in [2.45, 2.75) is 56.5 Å². The normalized spacial score (nSPS) is 14.3. The Morgan fingerprint density at radius 1 is 0.946 bits per heavy atom. The predicted molar refractivity (Wildman–Crippen MR) is 152 cm³/mol. The molecular formula is C30H32BrFN2O2S. The zero-order chi connectivity index (χ0) is 26.0. The molecule has 0 bridgehead atoms. The molecule has 7 heteroatoms. The molecule has 1 saturated carbocycles. The van der Waals surface area contributed by atoms with Crippen molar-refractivity contribution in [3.63, 3.8) is 0 Å². The third-order valence-electron chi connectivity index (χ3n) is 6.68. The molecule has 3 aromatic rings. The molecule has 0 radical (unpaired) electrons. The fraction of sp³-hybridized carbons (Fsp3) is 0.333. The summed E-state index contributed by atoms with van der Waals surface area (Å²) in [5.74, 6) is 0.0359. The summed E-state index contributed by atoms with van der Waals surface area (Å²) in [5.41, 5.74) is 2.52. The largest absolute Gasteiger partial charge is 0.352 e. The van der Waals surface area contributed by atoms with Crippen LogP contribution in [0.4, 0.5) is 4.39 Å². The molecule has 2 amide bonds. The Morgan fingerprint density at radius 2 is 1.62 bits per heavy atom. The molecule has 1 atom stereocenters. The number of hydrogen-bond donors (Lipinski definition) is 1. The van der Waals surface area contributed by atoms with Crippen molar-refractivity contribution >= 4 is 39.5 Å². The van der Waals surface area contributed by atoms with Crippen molar-refractivity contribution in [3.8, 4) is 0 Å². The number of nitrogens with one attached hydrogen (secondary N) is 1. The maximum atomic E-state index is 14.1. The van der Waals surface area contributed by atoms with Crippen LogP contribution in [0.1, 0.15) is 42.4 Å². The van der Waals surface area contributed by atoms with E-state index < -0.39 is 6.04 Å². The van der Waals surface area contributed by atoms with E-state index in [1.165, 1.54) is 17.8 Å². The first-order valence-corrected chi connectivity index (χ1v) is 14.6. The molecule has 0 saturated heterocycles. The van der Waals surface area contributed by atoms with E-state index in [0.717, 1.165) is 41.3 Å². The molecule has 4 rings (SSSR count). The van der Waals surface area contributed by atoms with Gasteiger partial charge in [0.2, 0.25) is 11.8 Å². The van der Waals surface area contributed by atoms with Gasteiger partial charge in [0.25, 0.3) is 0 Å². The number of halogens is 2. The Balaban J connectivity index is 1.56. The van der Waals surface area contributed by atoms with Gasteiger partial charge in [0.05, 0.1) is 5.75 Å². The molecule has 0 heterocycles. The molecule has 0 aliphatic heterocycles. The average Bonchev–Trinajstić information content (AvgIpc) is 3.42. The van der Waals surface area contributed by atoms with Crippen LogP contribution in [-0.4, -0.2) is 34.6 Å². The van der Waals surface area contributed by atoms with E-state index in [1.807, 2.05) is 54.6 Å². The smallest absolute Gasteiger partial charge is 0.243 e. The zero-order valence-corrected chi connectivity index (χ0v) is 23.1. The Morgan fingerprint density at radius 3 is 2.32 bits per heavy atom. The van der Waals surface area contributed by atoms with E-state index in [-0.39, 0.29) is 29.4 Å². The first-order chi connectivity index (χ1) is 18.0. The van der Waals surface area contributed by atoms with E-state index >= 15 is 0 Å². The van der Waals surface area contributed by atoms with E-state index in [9.17, 15) is 14.0 Å². The third kappa shape index (κ3) is 8.17. The Kier molecular flexibility index (Phi) is 10.2. The van der Waals surface area contributed by atoms with Crippen LogP contribution in [0.5, 0.6) is 0 Å². The van der Waals surface area contributed by atoms with Crippen molar-refractivity contribution in [2.75, 3.05) is 5.75 Å². The standard InChI is InChI=1S/C30H32BrFN2O2S/c31-25-16-14-23(15-17-25)19-34(29(35)21-37-20-24-10-4-7-13-27(24)32)28(18-22-8-2-1-3-9-22)30(36)33-26-11-5-6-12-26/h1-4,7-10,13-17,26,28H,5-6,11-12,18-21H2,(H,33,36). The summed E-state index contributed by atoms with van der Waals surface area (Å²) >= 11 is 4.84. The van der Waals surface area contributed by atoms with Gasteiger partial charge in [0.15, 0.2) is 0 Å². The number of nitrogens with zero attached hydrogens (tertiary/aromatic N) is 1. The zero-order valence-electron chi connectivity index (χ0n) is 20.7. The van der Waals surface area contributed by atoms with Crippen molar-refractivity contribution in [1.82, 2.24) is 10.2 Å². The summed E-state index contributed by atoms with van der Waals surface area (Å²) in [6.07, 6.45) is 4.61. The molecule has 194 valence electrons. The van der Waals surface area contributed by atoms with Gasteiger partial charge in [0, 0.05) is 29.2 Å². The lowest BCUT2D eigenvalue weighted by Gasteiger charge is -2.32. The highest BCUT2D eigenvalue weighted by Crippen LogP contribution is 2.22. The Hall–Kier alpha value is -2.64. The maximum Gasteiger partial charge on any atom is 0.243 e. The lowest BCUT2D eigenvalue weighted by Crippen LogP contribution is -2.52. The monoisotopic (exact) mass is 582 g/mol. The molecule has 1 aliphatic rings. The summed E-state index contributed by atoms with van der Waals surface area (Å²) in [6.45, 7) is 0.321. The molecule has 1 N–H and O–H groups in total. The lowest BCUT2D eigenvalue weighted by molar-refractivity contribution is -0.139. The molecule has 0 aromatic heterocycles. The van der Waals surface area contributed by atoms with Gasteiger partial charge in [-0.05, 0) is 47.7 Å². The van der Waals surface area contributed by atoms with Gasteiger partial charge in [-0.15, -0.1) is 11.8 Å². The quantitative estimate of drug-likeness (QED) is 0.280. The van der Waals surface area contributed by atoms with E-state index in [1.54, 1.807) is 23.1 Å². The van der Waals surface area contributed by atoms with Gasteiger partial charge in [0.1, 0.15) is 11.9 Å². The maximum absolute atomic E-state index is 14.1. The highest BCUT2D eigenvalue weighted by Gasteiger charge is 2.32. The number of thioether (sulfide) groups is 1. The van der Waals surface area contributed by atoms with E-state index in [0.29, 0.717) is 24.3 Å². The highest BCUT2D eigenvalue weighted by molar-refractivity contribution is 9.10. The molecular weight excluding hydrogens is 551 g/mol. The van der Waals surface area contributed by atoms with Crippen molar-refractivity contribution in [2.24, 2.45) is 0 Å². The summed E-state index contributed by atoms with van der Waals surface area (Å²) < 4.78 is 15.1. The molecule has 1 aliphatic carbocycles. The van der Waals surface area contributed by atoms with E-state index in [4.69, 9.17) is 0 Å². The van der Waals surface area contributed by atoms with Gasteiger partial charge >= 0.3 is 0 Å².